The Kier molecular flexibility index (Phi) is 5.86. The lowest BCUT2D eigenvalue weighted by Gasteiger charge is -2.32. The molecular formula is C21H25NO5. The molecule has 1 heterocycles. The molecule has 0 amide bonds. The molecular weight excluding hydrogens is 346 g/mol. The van der Waals surface area contributed by atoms with Crippen molar-refractivity contribution in [1.82, 2.24) is 4.90 Å². The summed E-state index contributed by atoms with van der Waals surface area (Å²) in [6.07, 6.45) is 1.49. The third-order valence-electron chi connectivity index (χ3n) is 5.04. The van der Waals surface area contributed by atoms with Crippen LogP contribution in [0.2, 0.25) is 0 Å². The molecule has 144 valence electrons. The van der Waals surface area contributed by atoms with Gasteiger partial charge in [-0.05, 0) is 48.2 Å². The highest BCUT2D eigenvalue weighted by Crippen LogP contribution is 2.39. The summed E-state index contributed by atoms with van der Waals surface area (Å²) in [4.78, 5) is 13.9. The van der Waals surface area contributed by atoms with Gasteiger partial charge in [-0.3, -0.25) is 9.69 Å². The minimum absolute atomic E-state index is 0.219. The number of carboxylic acids is 1. The number of aliphatic carboxylic acids is 1. The van der Waals surface area contributed by atoms with E-state index in [-0.39, 0.29) is 6.04 Å². The number of benzene rings is 2. The average molecular weight is 371 g/mol. The first-order valence-electron chi connectivity index (χ1n) is 8.93. The minimum atomic E-state index is -0.791. The Morgan fingerprint density at radius 1 is 1.04 bits per heavy atom. The molecule has 27 heavy (non-hydrogen) atoms. The van der Waals surface area contributed by atoms with Crippen molar-refractivity contribution in [3.05, 3.63) is 53.6 Å². The van der Waals surface area contributed by atoms with Crippen LogP contribution in [0.5, 0.6) is 17.2 Å². The highest BCUT2D eigenvalue weighted by Gasteiger charge is 2.37. The van der Waals surface area contributed by atoms with E-state index in [4.69, 9.17) is 14.2 Å². The second-order valence-corrected chi connectivity index (χ2v) is 6.53. The van der Waals surface area contributed by atoms with Gasteiger partial charge in [0.2, 0.25) is 0 Å². The third-order valence-corrected chi connectivity index (χ3v) is 5.04. The fourth-order valence-corrected chi connectivity index (χ4v) is 3.77. The smallest absolute Gasteiger partial charge is 0.320 e. The van der Waals surface area contributed by atoms with Crippen LogP contribution in [0.3, 0.4) is 0 Å². The van der Waals surface area contributed by atoms with Gasteiger partial charge < -0.3 is 19.3 Å². The second-order valence-electron chi connectivity index (χ2n) is 6.53. The topological polar surface area (TPSA) is 68.2 Å². The van der Waals surface area contributed by atoms with E-state index < -0.39 is 12.0 Å². The summed E-state index contributed by atoms with van der Waals surface area (Å²) in [6.45, 7) is 0.715. The highest BCUT2D eigenvalue weighted by molar-refractivity contribution is 5.74. The van der Waals surface area contributed by atoms with E-state index in [1.54, 1.807) is 21.3 Å². The third kappa shape index (κ3) is 3.85. The lowest BCUT2D eigenvalue weighted by Crippen LogP contribution is -2.39. The number of hydrogen-bond acceptors (Lipinski definition) is 5. The van der Waals surface area contributed by atoms with E-state index in [0.717, 1.165) is 23.3 Å². The number of carbonyl (C=O) groups is 1. The summed E-state index contributed by atoms with van der Waals surface area (Å²) in [5.41, 5.74) is 1.93. The van der Waals surface area contributed by atoms with E-state index in [1.807, 2.05) is 47.4 Å². The van der Waals surface area contributed by atoms with Crippen molar-refractivity contribution in [3.63, 3.8) is 0 Å². The number of hydrogen-bond donors (Lipinski definition) is 1. The number of rotatable bonds is 7. The maximum Gasteiger partial charge on any atom is 0.320 e. The molecule has 2 unspecified atom stereocenters. The molecule has 0 aromatic heterocycles. The number of nitrogens with zero attached hydrogens (tertiary/aromatic N) is 1. The van der Waals surface area contributed by atoms with Gasteiger partial charge in [-0.25, -0.2) is 0 Å². The first-order chi connectivity index (χ1) is 13.1. The van der Waals surface area contributed by atoms with Gasteiger partial charge in [0.1, 0.15) is 11.8 Å². The SMILES string of the molecule is COc1cccc(C(c2ccc(OC)c(OC)c2)N2CCCC2C(=O)O)c1. The molecule has 2 aromatic carbocycles. The molecule has 0 radical (unpaired) electrons. The largest absolute Gasteiger partial charge is 0.497 e. The lowest BCUT2D eigenvalue weighted by molar-refractivity contribution is -0.142. The van der Waals surface area contributed by atoms with E-state index in [1.165, 1.54) is 0 Å². The van der Waals surface area contributed by atoms with Crippen LogP contribution in [-0.4, -0.2) is 49.9 Å². The van der Waals surface area contributed by atoms with Gasteiger partial charge in [-0.1, -0.05) is 18.2 Å². The van der Waals surface area contributed by atoms with Crippen molar-refractivity contribution in [2.75, 3.05) is 27.9 Å². The lowest BCUT2D eigenvalue weighted by atomic mass is 9.95. The first-order valence-corrected chi connectivity index (χ1v) is 8.93. The molecule has 1 aliphatic heterocycles. The predicted molar refractivity (Wildman–Crippen MR) is 102 cm³/mol. The van der Waals surface area contributed by atoms with E-state index in [2.05, 4.69) is 0 Å². The summed E-state index contributed by atoms with van der Waals surface area (Å²) in [6, 6.07) is 12.8. The fraction of sp³-hybridized carbons (Fsp3) is 0.381. The Hall–Kier alpha value is -2.73. The van der Waals surface area contributed by atoms with Crippen LogP contribution in [-0.2, 0) is 4.79 Å². The fourth-order valence-electron chi connectivity index (χ4n) is 3.77. The summed E-state index contributed by atoms with van der Waals surface area (Å²) >= 11 is 0. The normalized spacial score (nSPS) is 18.1. The standard InChI is InChI=1S/C21H25NO5/c1-25-16-7-4-6-14(12-16)20(22-11-5-8-17(22)21(23)24)15-9-10-18(26-2)19(13-15)27-3/h4,6-7,9-10,12-13,17,20H,5,8,11H2,1-3H3,(H,23,24). The van der Waals surface area contributed by atoms with Crippen molar-refractivity contribution in [3.8, 4) is 17.2 Å². The molecule has 1 aliphatic rings. The van der Waals surface area contributed by atoms with Crippen LogP contribution >= 0.6 is 0 Å². The number of ether oxygens (including phenoxy) is 3. The second kappa shape index (κ2) is 8.31. The molecule has 6 heteroatoms. The average Bonchev–Trinajstić information content (AvgIpc) is 3.18. The van der Waals surface area contributed by atoms with E-state index >= 15 is 0 Å². The first kappa shape index (κ1) is 19.0. The Labute approximate surface area is 159 Å². The van der Waals surface area contributed by atoms with Gasteiger partial charge in [0.05, 0.1) is 27.4 Å². The summed E-state index contributed by atoms with van der Waals surface area (Å²) in [5, 5.41) is 9.70. The summed E-state index contributed by atoms with van der Waals surface area (Å²) < 4.78 is 16.2. The molecule has 0 spiro atoms. The van der Waals surface area contributed by atoms with Crippen molar-refractivity contribution >= 4 is 5.97 Å². The quantitative estimate of drug-likeness (QED) is 0.805. The number of carboxylic acid groups (broad SMARTS) is 1. The van der Waals surface area contributed by atoms with Gasteiger partial charge >= 0.3 is 5.97 Å². The van der Waals surface area contributed by atoms with E-state index in [9.17, 15) is 9.90 Å². The monoisotopic (exact) mass is 371 g/mol. The van der Waals surface area contributed by atoms with Gasteiger partial charge in [0.25, 0.3) is 0 Å². The summed E-state index contributed by atoms with van der Waals surface area (Å²) in [5.74, 6) is 1.21. The van der Waals surface area contributed by atoms with Crippen LogP contribution in [0, 0.1) is 0 Å². The Bertz CT molecular complexity index is 807. The van der Waals surface area contributed by atoms with Crippen LogP contribution in [0.1, 0.15) is 30.0 Å². The zero-order valence-electron chi connectivity index (χ0n) is 15.8. The van der Waals surface area contributed by atoms with Gasteiger partial charge in [-0.2, -0.15) is 0 Å². The Morgan fingerprint density at radius 3 is 2.44 bits per heavy atom. The van der Waals surface area contributed by atoms with Crippen molar-refractivity contribution in [2.24, 2.45) is 0 Å². The Morgan fingerprint density at radius 2 is 1.78 bits per heavy atom. The van der Waals surface area contributed by atoms with Crippen LogP contribution < -0.4 is 14.2 Å². The zero-order chi connectivity index (χ0) is 19.4. The van der Waals surface area contributed by atoms with E-state index in [0.29, 0.717) is 24.5 Å². The summed E-state index contributed by atoms with van der Waals surface area (Å²) in [7, 11) is 4.82. The number of likely N-dealkylation sites (tertiary alicyclic amines) is 1. The molecule has 1 fully saturated rings. The molecule has 2 atom stereocenters. The highest BCUT2D eigenvalue weighted by atomic mass is 16.5. The van der Waals surface area contributed by atoms with Gasteiger partial charge in [0, 0.05) is 6.54 Å². The maximum atomic E-state index is 11.8. The molecule has 6 nitrogen and oxygen atoms in total. The molecule has 2 aromatic rings. The maximum absolute atomic E-state index is 11.8. The van der Waals surface area contributed by atoms with Crippen LogP contribution in [0.25, 0.3) is 0 Å². The van der Waals surface area contributed by atoms with Crippen LogP contribution in [0.15, 0.2) is 42.5 Å². The predicted octanol–water partition coefficient (Wildman–Crippen LogP) is 3.35. The molecule has 3 rings (SSSR count). The molecule has 1 N–H and O–H groups in total. The van der Waals surface area contributed by atoms with Crippen molar-refractivity contribution in [2.45, 2.75) is 24.9 Å². The van der Waals surface area contributed by atoms with Crippen LogP contribution in [0.4, 0.5) is 0 Å². The van der Waals surface area contributed by atoms with Gasteiger partial charge in [0.15, 0.2) is 11.5 Å². The molecule has 0 aliphatic carbocycles. The number of methoxy groups -OCH3 is 3. The van der Waals surface area contributed by atoms with Gasteiger partial charge in [-0.15, -0.1) is 0 Å². The molecule has 1 saturated heterocycles. The minimum Gasteiger partial charge on any atom is -0.497 e. The molecule has 0 bridgehead atoms. The van der Waals surface area contributed by atoms with Crippen molar-refractivity contribution < 1.29 is 24.1 Å². The van der Waals surface area contributed by atoms with Crippen molar-refractivity contribution in [1.29, 1.82) is 0 Å². The zero-order valence-corrected chi connectivity index (χ0v) is 15.8. The Balaban J connectivity index is 2.11. The molecule has 0 saturated carbocycles.